The molecule has 7 nitrogen and oxygen atoms in total. The van der Waals surface area contributed by atoms with E-state index in [4.69, 9.17) is 0 Å². The monoisotopic (exact) mass is 498 g/mol. The Kier molecular flexibility index (Phi) is 7.47. The van der Waals surface area contributed by atoms with Gasteiger partial charge in [-0.1, -0.05) is 29.8 Å². The molecule has 180 valence electrons. The Morgan fingerprint density at radius 2 is 1.74 bits per heavy atom. The second-order valence-corrected chi connectivity index (χ2v) is 11.7. The molecule has 4 rings (SSSR count). The first kappa shape index (κ1) is 24.5. The minimum absolute atomic E-state index is 0.0800. The first-order valence-corrected chi connectivity index (χ1v) is 14.0. The van der Waals surface area contributed by atoms with E-state index < -0.39 is 10.0 Å². The van der Waals surface area contributed by atoms with Crippen molar-refractivity contribution in [3.8, 4) is 21.7 Å². The van der Waals surface area contributed by atoms with Gasteiger partial charge in [0, 0.05) is 61.5 Å². The fraction of sp³-hybridized carbons (Fsp3) is 0.360. The van der Waals surface area contributed by atoms with Crippen molar-refractivity contribution in [3.05, 3.63) is 65.2 Å². The number of rotatable bonds is 7. The van der Waals surface area contributed by atoms with E-state index in [1.807, 2.05) is 24.4 Å². The first-order valence-electron chi connectivity index (χ1n) is 11.3. The average Bonchev–Trinajstić information content (AvgIpc) is 3.34. The lowest BCUT2D eigenvalue weighted by Crippen LogP contribution is -2.51. The molecule has 1 atom stereocenters. The summed E-state index contributed by atoms with van der Waals surface area (Å²) in [5.41, 5.74) is 4.72. The standard InChI is InChI=1S/C25H30N4O3S2/c1-18-4-6-20(7-5-18)21-14-22(16-23(15-21)25-26-8-13-33-25)24(30)27-19(2)17-28-9-11-29(12-10-28)34(3,31)32/h4-8,13-16,19H,9-12,17H2,1-3H3,(H,27,30)/t19-/m1/s1. The summed E-state index contributed by atoms with van der Waals surface area (Å²) in [7, 11) is -3.15. The molecule has 9 heteroatoms. The highest BCUT2D eigenvalue weighted by Gasteiger charge is 2.24. The molecular formula is C25H30N4O3S2. The number of piperazine rings is 1. The van der Waals surface area contributed by atoms with Gasteiger partial charge in [-0.3, -0.25) is 9.69 Å². The number of thiazole rings is 1. The van der Waals surface area contributed by atoms with E-state index in [0.29, 0.717) is 38.3 Å². The molecule has 2 heterocycles. The van der Waals surface area contributed by atoms with Gasteiger partial charge in [-0.15, -0.1) is 11.3 Å². The molecule has 0 bridgehead atoms. The van der Waals surface area contributed by atoms with Crippen LogP contribution in [0.15, 0.2) is 54.0 Å². The Morgan fingerprint density at radius 1 is 1.06 bits per heavy atom. The fourth-order valence-corrected chi connectivity index (χ4v) is 5.60. The maximum Gasteiger partial charge on any atom is 0.251 e. The van der Waals surface area contributed by atoms with Gasteiger partial charge in [-0.05, 0) is 43.2 Å². The molecule has 1 aromatic heterocycles. The zero-order valence-corrected chi connectivity index (χ0v) is 21.3. The van der Waals surface area contributed by atoms with Crippen LogP contribution < -0.4 is 5.32 Å². The van der Waals surface area contributed by atoms with Crippen LogP contribution in [-0.2, 0) is 10.0 Å². The zero-order valence-electron chi connectivity index (χ0n) is 19.7. The maximum absolute atomic E-state index is 13.2. The maximum atomic E-state index is 13.2. The number of hydrogen-bond acceptors (Lipinski definition) is 6. The highest BCUT2D eigenvalue weighted by molar-refractivity contribution is 7.88. The smallest absolute Gasteiger partial charge is 0.251 e. The number of aryl methyl sites for hydroxylation is 1. The largest absolute Gasteiger partial charge is 0.348 e. The number of amides is 1. The van der Waals surface area contributed by atoms with Gasteiger partial charge in [0.2, 0.25) is 10.0 Å². The van der Waals surface area contributed by atoms with Crippen molar-refractivity contribution in [1.29, 1.82) is 0 Å². The van der Waals surface area contributed by atoms with Crippen LogP contribution in [0, 0.1) is 6.92 Å². The van der Waals surface area contributed by atoms with Crippen molar-refractivity contribution in [1.82, 2.24) is 19.5 Å². The molecule has 1 N–H and O–H groups in total. The van der Waals surface area contributed by atoms with Gasteiger partial charge in [0.25, 0.3) is 5.91 Å². The summed E-state index contributed by atoms with van der Waals surface area (Å²) in [6.07, 6.45) is 3.01. The summed E-state index contributed by atoms with van der Waals surface area (Å²) in [6.45, 7) is 6.98. The minimum atomic E-state index is -3.15. The van der Waals surface area contributed by atoms with Crippen LogP contribution in [0.25, 0.3) is 21.7 Å². The molecule has 0 unspecified atom stereocenters. The Morgan fingerprint density at radius 3 is 2.35 bits per heavy atom. The third-order valence-electron chi connectivity index (χ3n) is 5.97. The Balaban J connectivity index is 1.48. The number of sulfonamides is 1. The van der Waals surface area contributed by atoms with E-state index in [9.17, 15) is 13.2 Å². The molecule has 1 aliphatic heterocycles. The van der Waals surface area contributed by atoms with Gasteiger partial charge in [0.05, 0.1) is 6.26 Å². The minimum Gasteiger partial charge on any atom is -0.348 e. The normalized spacial score (nSPS) is 16.3. The summed E-state index contributed by atoms with van der Waals surface area (Å²) in [4.78, 5) is 19.8. The van der Waals surface area contributed by atoms with Crippen LogP contribution in [0.1, 0.15) is 22.8 Å². The molecule has 0 aliphatic carbocycles. The van der Waals surface area contributed by atoms with Crippen molar-refractivity contribution in [2.45, 2.75) is 19.9 Å². The average molecular weight is 499 g/mol. The van der Waals surface area contributed by atoms with Gasteiger partial charge in [-0.25, -0.2) is 13.4 Å². The number of nitrogens with one attached hydrogen (secondary N) is 1. The lowest BCUT2D eigenvalue weighted by atomic mass is 9.98. The Hall–Kier alpha value is -2.59. The Bertz CT molecular complexity index is 1230. The second kappa shape index (κ2) is 10.4. The summed E-state index contributed by atoms with van der Waals surface area (Å²) < 4.78 is 25.0. The van der Waals surface area contributed by atoms with E-state index in [1.165, 1.54) is 16.1 Å². The summed E-state index contributed by atoms with van der Waals surface area (Å²) in [6, 6.07) is 14.1. The van der Waals surface area contributed by atoms with Gasteiger partial charge >= 0.3 is 0 Å². The van der Waals surface area contributed by atoms with Gasteiger partial charge < -0.3 is 5.32 Å². The molecule has 1 fully saturated rings. The van der Waals surface area contributed by atoms with E-state index in [0.717, 1.165) is 21.7 Å². The number of hydrogen-bond donors (Lipinski definition) is 1. The van der Waals surface area contributed by atoms with E-state index in [2.05, 4.69) is 52.5 Å². The lowest BCUT2D eigenvalue weighted by molar-refractivity contribution is 0.0922. The van der Waals surface area contributed by atoms with Gasteiger partial charge in [0.15, 0.2) is 0 Å². The molecule has 1 amide bonds. The molecule has 0 radical (unpaired) electrons. The first-order chi connectivity index (χ1) is 16.2. The fourth-order valence-electron chi connectivity index (χ4n) is 4.14. The van der Waals surface area contributed by atoms with Crippen LogP contribution in [0.3, 0.4) is 0 Å². The van der Waals surface area contributed by atoms with Crippen LogP contribution in [0.2, 0.25) is 0 Å². The number of benzene rings is 2. The van der Waals surface area contributed by atoms with Crippen LogP contribution in [0.4, 0.5) is 0 Å². The highest BCUT2D eigenvalue weighted by atomic mass is 32.2. The van der Waals surface area contributed by atoms with Gasteiger partial charge in [0.1, 0.15) is 5.01 Å². The number of carbonyl (C=O) groups excluding carboxylic acids is 1. The third-order valence-corrected chi connectivity index (χ3v) is 8.09. The number of nitrogens with zero attached hydrogens (tertiary/aromatic N) is 3. The SMILES string of the molecule is Cc1ccc(-c2cc(C(=O)N[C@H](C)CN3CCN(S(C)(=O)=O)CC3)cc(-c3nccs3)c2)cc1. The molecule has 1 saturated heterocycles. The quantitative estimate of drug-likeness (QED) is 0.539. The number of carbonyl (C=O) groups is 1. The zero-order chi connectivity index (χ0) is 24.3. The second-order valence-electron chi connectivity index (χ2n) is 8.84. The van der Waals surface area contributed by atoms with Crippen molar-refractivity contribution in [2.75, 3.05) is 39.0 Å². The predicted molar refractivity (Wildman–Crippen MR) is 138 cm³/mol. The Labute approximate surface area is 205 Å². The molecule has 1 aliphatic rings. The van der Waals surface area contributed by atoms with E-state index in [1.54, 1.807) is 17.5 Å². The van der Waals surface area contributed by atoms with Crippen molar-refractivity contribution >= 4 is 27.3 Å². The third kappa shape index (κ3) is 6.09. The van der Waals surface area contributed by atoms with E-state index in [-0.39, 0.29) is 11.9 Å². The van der Waals surface area contributed by atoms with Crippen molar-refractivity contribution in [2.24, 2.45) is 0 Å². The molecule has 34 heavy (non-hydrogen) atoms. The van der Waals surface area contributed by atoms with E-state index >= 15 is 0 Å². The molecule has 3 aromatic rings. The molecule has 0 saturated carbocycles. The number of aromatic nitrogens is 1. The van der Waals surface area contributed by atoms with Crippen molar-refractivity contribution in [3.63, 3.8) is 0 Å². The highest BCUT2D eigenvalue weighted by Crippen LogP contribution is 2.29. The van der Waals surface area contributed by atoms with Crippen LogP contribution in [0.5, 0.6) is 0 Å². The van der Waals surface area contributed by atoms with Gasteiger partial charge in [-0.2, -0.15) is 4.31 Å². The van der Waals surface area contributed by atoms with Crippen LogP contribution >= 0.6 is 11.3 Å². The summed E-state index contributed by atoms with van der Waals surface area (Å²) in [5.74, 6) is -0.131. The molecule has 0 spiro atoms. The summed E-state index contributed by atoms with van der Waals surface area (Å²) >= 11 is 1.55. The molecular weight excluding hydrogens is 468 g/mol. The summed E-state index contributed by atoms with van der Waals surface area (Å²) in [5, 5.41) is 5.92. The molecule has 2 aromatic carbocycles. The predicted octanol–water partition coefficient (Wildman–Crippen LogP) is 3.48. The van der Waals surface area contributed by atoms with Crippen molar-refractivity contribution < 1.29 is 13.2 Å². The lowest BCUT2D eigenvalue weighted by Gasteiger charge is -2.34. The topological polar surface area (TPSA) is 82.6 Å². The van der Waals surface area contributed by atoms with Crippen LogP contribution in [-0.4, -0.2) is 73.5 Å².